The van der Waals surface area contributed by atoms with E-state index in [1.54, 1.807) is 0 Å². The number of rotatable bonds is 10. The first-order chi connectivity index (χ1) is 8.52. The van der Waals surface area contributed by atoms with E-state index in [4.69, 9.17) is 10.5 Å². The lowest BCUT2D eigenvalue weighted by Gasteiger charge is -2.28. The SMILES string of the molecule is CCC(CC)(CN)C(=O)NCCOCCC(C)C. The van der Waals surface area contributed by atoms with Gasteiger partial charge in [-0.3, -0.25) is 4.79 Å². The van der Waals surface area contributed by atoms with Gasteiger partial charge in [0.1, 0.15) is 0 Å². The lowest BCUT2D eigenvalue weighted by molar-refractivity contribution is -0.131. The second kappa shape index (κ2) is 9.34. The van der Waals surface area contributed by atoms with E-state index in [2.05, 4.69) is 19.2 Å². The van der Waals surface area contributed by atoms with Crippen LogP contribution in [0, 0.1) is 11.3 Å². The van der Waals surface area contributed by atoms with Gasteiger partial charge in [0.25, 0.3) is 0 Å². The van der Waals surface area contributed by atoms with Crippen LogP contribution in [0.2, 0.25) is 0 Å². The summed E-state index contributed by atoms with van der Waals surface area (Å²) in [4.78, 5) is 12.1. The number of amides is 1. The van der Waals surface area contributed by atoms with Gasteiger partial charge in [-0.1, -0.05) is 27.7 Å². The molecule has 18 heavy (non-hydrogen) atoms. The molecular weight excluding hydrogens is 228 g/mol. The van der Waals surface area contributed by atoms with Crippen molar-refractivity contribution in [2.45, 2.75) is 47.0 Å². The Morgan fingerprint density at radius 2 is 1.89 bits per heavy atom. The van der Waals surface area contributed by atoms with Crippen molar-refractivity contribution in [3.63, 3.8) is 0 Å². The number of hydrogen-bond acceptors (Lipinski definition) is 3. The molecule has 0 aromatic carbocycles. The fraction of sp³-hybridized carbons (Fsp3) is 0.929. The summed E-state index contributed by atoms with van der Waals surface area (Å²) in [6.45, 7) is 10.7. The number of hydrogen-bond donors (Lipinski definition) is 2. The Kier molecular flexibility index (Phi) is 9.02. The van der Waals surface area contributed by atoms with Crippen molar-refractivity contribution < 1.29 is 9.53 Å². The fourth-order valence-corrected chi connectivity index (χ4v) is 1.80. The summed E-state index contributed by atoms with van der Waals surface area (Å²) >= 11 is 0. The highest BCUT2D eigenvalue weighted by Crippen LogP contribution is 2.24. The summed E-state index contributed by atoms with van der Waals surface area (Å²) in [6, 6.07) is 0. The Hall–Kier alpha value is -0.610. The first-order valence-electron chi connectivity index (χ1n) is 7.08. The second-order valence-electron chi connectivity index (χ2n) is 5.24. The second-order valence-corrected chi connectivity index (χ2v) is 5.24. The van der Waals surface area contributed by atoms with Crippen LogP contribution >= 0.6 is 0 Å². The van der Waals surface area contributed by atoms with Gasteiger partial charge in [0.15, 0.2) is 0 Å². The van der Waals surface area contributed by atoms with E-state index >= 15 is 0 Å². The number of ether oxygens (including phenoxy) is 1. The molecule has 4 heteroatoms. The molecule has 0 saturated heterocycles. The van der Waals surface area contributed by atoms with Crippen LogP contribution in [0.4, 0.5) is 0 Å². The Morgan fingerprint density at radius 1 is 1.28 bits per heavy atom. The van der Waals surface area contributed by atoms with Gasteiger partial charge in [-0.15, -0.1) is 0 Å². The van der Waals surface area contributed by atoms with E-state index in [9.17, 15) is 4.79 Å². The van der Waals surface area contributed by atoms with Crippen molar-refractivity contribution in [1.82, 2.24) is 5.32 Å². The molecule has 0 rings (SSSR count). The average molecular weight is 258 g/mol. The van der Waals surface area contributed by atoms with Crippen LogP contribution in [0.15, 0.2) is 0 Å². The van der Waals surface area contributed by atoms with E-state index in [0.29, 0.717) is 25.6 Å². The monoisotopic (exact) mass is 258 g/mol. The predicted octanol–water partition coefficient (Wildman–Crippen LogP) is 1.93. The molecule has 0 heterocycles. The third kappa shape index (κ3) is 5.83. The molecule has 3 N–H and O–H groups in total. The zero-order chi connectivity index (χ0) is 14.0. The molecule has 1 amide bonds. The molecule has 108 valence electrons. The number of carbonyl (C=O) groups excluding carboxylic acids is 1. The molecule has 0 unspecified atom stereocenters. The minimum atomic E-state index is -0.405. The molecule has 0 aliphatic carbocycles. The summed E-state index contributed by atoms with van der Waals surface area (Å²) in [6.07, 6.45) is 2.62. The fourth-order valence-electron chi connectivity index (χ4n) is 1.80. The standard InChI is InChI=1S/C14H30N2O2/c1-5-14(6-2,11-15)13(17)16-8-10-18-9-7-12(3)4/h12H,5-11,15H2,1-4H3,(H,16,17). The van der Waals surface area contributed by atoms with Crippen LogP contribution in [0.1, 0.15) is 47.0 Å². The number of nitrogens with one attached hydrogen (secondary N) is 1. The summed E-state index contributed by atoms with van der Waals surface area (Å²) in [5.74, 6) is 0.715. The van der Waals surface area contributed by atoms with Gasteiger partial charge in [0.05, 0.1) is 12.0 Å². The molecule has 0 aromatic rings. The topological polar surface area (TPSA) is 64.4 Å². The third-order valence-corrected chi connectivity index (χ3v) is 3.60. The van der Waals surface area contributed by atoms with E-state index in [1.807, 2.05) is 13.8 Å². The third-order valence-electron chi connectivity index (χ3n) is 3.60. The van der Waals surface area contributed by atoms with Crippen molar-refractivity contribution in [3.8, 4) is 0 Å². The minimum Gasteiger partial charge on any atom is -0.380 e. The Labute approximate surface area is 112 Å². The van der Waals surface area contributed by atoms with Crippen LogP contribution in [0.25, 0.3) is 0 Å². The Bertz CT molecular complexity index is 218. The molecule has 0 spiro atoms. The number of nitrogens with two attached hydrogens (primary N) is 1. The van der Waals surface area contributed by atoms with Gasteiger partial charge in [-0.05, 0) is 25.2 Å². The molecule has 4 nitrogen and oxygen atoms in total. The molecule has 0 atom stereocenters. The van der Waals surface area contributed by atoms with Gasteiger partial charge in [0.2, 0.25) is 5.91 Å². The lowest BCUT2D eigenvalue weighted by Crippen LogP contribution is -2.46. The molecular formula is C14H30N2O2. The molecule has 0 radical (unpaired) electrons. The summed E-state index contributed by atoms with van der Waals surface area (Å²) in [7, 11) is 0. The van der Waals surface area contributed by atoms with Crippen molar-refractivity contribution >= 4 is 5.91 Å². The van der Waals surface area contributed by atoms with Gasteiger partial charge < -0.3 is 15.8 Å². The van der Waals surface area contributed by atoms with Gasteiger partial charge in [-0.2, -0.15) is 0 Å². The Balaban J connectivity index is 3.82. The lowest BCUT2D eigenvalue weighted by atomic mass is 9.81. The summed E-state index contributed by atoms with van der Waals surface area (Å²) in [5, 5.41) is 2.92. The summed E-state index contributed by atoms with van der Waals surface area (Å²) < 4.78 is 5.46. The molecule has 0 aliphatic heterocycles. The highest BCUT2D eigenvalue weighted by Gasteiger charge is 2.32. The van der Waals surface area contributed by atoms with E-state index in [-0.39, 0.29) is 5.91 Å². The molecule has 0 saturated carbocycles. The summed E-state index contributed by atoms with van der Waals surface area (Å²) in [5.41, 5.74) is 5.32. The zero-order valence-corrected chi connectivity index (χ0v) is 12.4. The Morgan fingerprint density at radius 3 is 2.33 bits per heavy atom. The van der Waals surface area contributed by atoms with Gasteiger partial charge in [-0.25, -0.2) is 0 Å². The number of carbonyl (C=O) groups is 1. The van der Waals surface area contributed by atoms with E-state index in [0.717, 1.165) is 25.9 Å². The van der Waals surface area contributed by atoms with E-state index < -0.39 is 5.41 Å². The van der Waals surface area contributed by atoms with Crippen molar-refractivity contribution in [2.75, 3.05) is 26.3 Å². The van der Waals surface area contributed by atoms with Crippen molar-refractivity contribution in [2.24, 2.45) is 17.1 Å². The van der Waals surface area contributed by atoms with Crippen molar-refractivity contribution in [3.05, 3.63) is 0 Å². The van der Waals surface area contributed by atoms with Crippen LogP contribution in [0.5, 0.6) is 0 Å². The van der Waals surface area contributed by atoms with Gasteiger partial charge in [0, 0.05) is 19.7 Å². The van der Waals surface area contributed by atoms with Crippen LogP contribution < -0.4 is 11.1 Å². The largest absolute Gasteiger partial charge is 0.380 e. The van der Waals surface area contributed by atoms with Crippen LogP contribution in [-0.4, -0.2) is 32.2 Å². The minimum absolute atomic E-state index is 0.0578. The van der Waals surface area contributed by atoms with E-state index in [1.165, 1.54) is 0 Å². The van der Waals surface area contributed by atoms with Gasteiger partial charge >= 0.3 is 0 Å². The highest BCUT2D eigenvalue weighted by atomic mass is 16.5. The molecule has 0 aromatic heterocycles. The quantitative estimate of drug-likeness (QED) is 0.589. The normalized spacial score (nSPS) is 11.9. The molecule has 0 bridgehead atoms. The first kappa shape index (κ1) is 17.4. The van der Waals surface area contributed by atoms with Crippen molar-refractivity contribution in [1.29, 1.82) is 0 Å². The predicted molar refractivity (Wildman–Crippen MR) is 75.4 cm³/mol. The maximum absolute atomic E-state index is 12.1. The average Bonchev–Trinajstić information content (AvgIpc) is 2.36. The van der Waals surface area contributed by atoms with Crippen LogP contribution in [-0.2, 0) is 9.53 Å². The maximum atomic E-state index is 12.1. The van der Waals surface area contributed by atoms with Crippen LogP contribution in [0.3, 0.4) is 0 Å². The smallest absolute Gasteiger partial charge is 0.227 e. The molecule has 0 fully saturated rings. The highest BCUT2D eigenvalue weighted by molar-refractivity contribution is 5.82. The first-order valence-corrected chi connectivity index (χ1v) is 7.08. The molecule has 0 aliphatic rings. The zero-order valence-electron chi connectivity index (χ0n) is 12.4. The maximum Gasteiger partial charge on any atom is 0.227 e.